The van der Waals surface area contributed by atoms with E-state index in [0.29, 0.717) is 25.9 Å². The van der Waals surface area contributed by atoms with Crippen LogP contribution < -0.4 is 5.32 Å². The minimum absolute atomic E-state index is 0.254. The molecule has 2 N–H and O–H groups in total. The van der Waals surface area contributed by atoms with Gasteiger partial charge in [-0.25, -0.2) is 5.01 Å². The molecular formula is C21H31N3O5. The van der Waals surface area contributed by atoms with E-state index in [1.165, 1.54) is 5.01 Å². The number of rotatable bonds is 11. The predicted molar refractivity (Wildman–Crippen MR) is 108 cm³/mol. The van der Waals surface area contributed by atoms with Crippen molar-refractivity contribution in [1.82, 2.24) is 15.3 Å². The van der Waals surface area contributed by atoms with Gasteiger partial charge in [0, 0.05) is 13.1 Å². The molecule has 1 aromatic rings. The number of ether oxygens (including phenoxy) is 1. The van der Waals surface area contributed by atoms with E-state index in [1.54, 1.807) is 18.9 Å². The molecule has 1 fully saturated rings. The largest absolute Gasteiger partial charge is 0.480 e. The van der Waals surface area contributed by atoms with E-state index < -0.39 is 24.0 Å². The van der Waals surface area contributed by atoms with E-state index in [2.05, 4.69) is 5.32 Å². The lowest BCUT2D eigenvalue weighted by Crippen LogP contribution is -2.56. The first-order chi connectivity index (χ1) is 13.9. The number of carboxylic acids is 1. The van der Waals surface area contributed by atoms with Crippen molar-refractivity contribution in [3.63, 3.8) is 0 Å². The molecule has 2 atom stereocenters. The van der Waals surface area contributed by atoms with Crippen LogP contribution in [0.5, 0.6) is 0 Å². The van der Waals surface area contributed by atoms with E-state index in [9.17, 15) is 19.5 Å². The Morgan fingerprint density at radius 3 is 2.45 bits per heavy atom. The molecule has 8 nitrogen and oxygen atoms in total. The highest BCUT2D eigenvalue weighted by atomic mass is 16.5. The molecule has 1 amide bonds. The van der Waals surface area contributed by atoms with Crippen molar-refractivity contribution < 1.29 is 24.2 Å². The number of amides is 1. The Hall–Kier alpha value is -2.45. The van der Waals surface area contributed by atoms with Crippen molar-refractivity contribution in [3.8, 4) is 0 Å². The molecule has 1 aromatic carbocycles. The van der Waals surface area contributed by atoms with Gasteiger partial charge in [0.1, 0.15) is 12.6 Å². The molecule has 8 heteroatoms. The molecule has 1 heterocycles. The summed E-state index contributed by atoms with van der Waals surface area (Å²) >= 11 is 0. The number of aliphatic carboxylic acids is 1. The summed E-state index contributed by atoms with van der Waals surface area (Å²) in [5.74, 6) is -1.83. The number of benzene rings is 1. The molecule has 0 radical (unpaired) electrons. The van der Waals surface area contributed by atoms with Gasteiger partial charge >= 0.3 is 11.9 Å². The first-order valence-electron chi connectivity index (χ1n) is 10.2. The van der Waals surface area contributed by atoms with E-state index >= 15 is 0 Å². The lowest BCUT2D eigenvalue weighted by atomic mass is 10.0. The second kappa shape index (κ2) is 11.5. The topological polar surface area (TPSA) is 99.2 Å². The van der Waals surface area contributed by atoms with Gasteiger partial charge in [0.25, 0.3) is 5.91 Å². The molecule has 1 saturated heterocycles. The molecule has 1 aliphatic heterocycles. The van der Waals surface area contributed by atoms with Crippen LogP contribution in [-0.4, -0.2) is 71.3 Å². The van der Waals surface area contributed by atoms with Gasteiger partial charge in [-0.05, 0) is 45.1 Å². The molecule has 0 aliphatic carbocycles. The predicted octanol–water partition coefficient (Wildman–Crippen LogP) is 1.45. The molecular weight excluding hydrogens is 374 g/mol. The Morgan fingerprint density at radius 2 is 1.86 bits per heavy atom. The smallest absolute Gasteiger partial charge is 0.324 e. The number of nitrogens with one attached hydrogen (secondary N) is 1. The molecule has 0 bridgehead atoms. The molecule has 29 heavy (non-hydrogen) atoms. The third-order valence-corrected chi connectivity index (χ3v) is 4.92. The van der Waals surface area contributed by atoms with Crippen molar-refractivity contribution in [2.24, 2.45) is 0 Å². The average Bonchev–Trinajstić information content (AvgIpc) is 3.24. The van der Waals surface area contributed by atoms with Gasteiger partial charge in [0.2, 0.25) is 0 Å². The van der Waals surface area contributed by atoms with Crippen molar-refractivity contribution in [3.05, 3.63) is 35.9 Å². The van der Waals surface area contributed by atoms with Crippen molar-refractivity contribution in [1.29, 1.82) is 0 Å². The Bertz CT molecular complexity index is 676. The second-order valence-electron chi connectivity index (χ2n) is 7.17. The Balaban J connectivity index is 2.04. The summed E-state index contributed by atoms with van der Waals surface area (Å²) in [6.45, 7) is 4.56. The van der Waals surface area contributed by atoms with E-state index in [0.717, 1.165) is 18.4 Å². The number of hydrazine groups is 1. The van der Waals surface area contributed by atoms with Crippen LogP contribution in [0.15, 0.2) is 30.3 Å². The SMILES string of the molecule is CCOC(=O)[C@H](CCc1ccccc1)N[C@@H](C)C(=O)N(CC(=O)O)N1CCCC1. The van der Waals surface area contributed by atoms with Crippen molar-refractivity contribution >= 4 is 17.8 Å². The molecule has 1 aliphatic rings. The van der Waals surface area contributed by atoms with Crippen LogP contribution in [0.25, 0.3) is 0 Å². The summed E-state index contributed by atoms with van der Waals surface area (Å²) in [4.78, 5) is 36.6. The number of esters is 1. The molecule has 0 aromatic heterocycles. The number of carbonyl (C=O) groups excluding carboxylic acids is 2. The van der Waals surface area contributed by atoms with E-state index in [1.807, 2.05) is 30.3 Å². The lowest BCUT2D eigenvalue weighted by Gasteiger charge is -2.33. The number of carboxylic acid groups (broad SMARTS) is 1. The average molecular weight is 405 g/mol. The summed E-state index contributed by atoms with van der Waals surface area (Å²) < 4.78 is 5.17. The fourth-order valence-corrected chi connectivity index (χ4v) is 3.45. The third kappa shape index (κ3) is 7.14. The summed E-state index contributed by atoms with van der Waals surface area (Å²) in [5.41, 5.74) is 1.09. The van der Waals surface area contributed by atoms with Gasteiger partial charge in [-0.1, -0.05) is 30.3 Å². The first kappa shape index (κ1) is 22.8. The number of aryl methyl sites for hydroxylation is 1. The maximum absolute atomic E-state index is 13.0. The van der Waals surface area contributed by atoms with Gasteiger partial charge in [0.15, 0.2) is 0 Å². The van der Waals surface area contributed by atoms with E-state index in [4.69, 9.17) is 4.74 Å². The number of hydrogen-bond donors (Lipinski definition) is 2. The Morgan fingerprint density at radius 1 is 1.21 bits per heavy atom. The van der Waals surface area contributed by atoms with Crippen LogP contribution in [0, 0.1) is 0 Å². The quantitative estimate of drug-likeness (QED) is 0.538. The number of carbonyl (C=O) groups is 3. The molecule has 160 valence electrons. The fraction of sp³-hybridized carbons (Fsp3) is 0.571. The van der Waals surface area contributed by atoms with Crippen LogP contribution in [0.3, 0.4) is 0 Å². The van der Waals surface area contributed by atoms with Crippen LogP contribution in [0.4, 0.5) is 0 Å². The van der Waals surface area contributed by atoms with Crippen LogP contribution in [0.2, 0.25) is 0 Å². The second-order valence-corrected chi connectivity index (χ2v) is 7.17. The van der Waals surface area contributed by atoms with Crippen LogP contribution in [0.1, 0.15) is 38.7 Å². The Kier molecular flexibility index (Phi) is 9.08. The summed E-state index contributed by atoms with van der Waals surface area (Å²) in [7, 11) is 0. The van der Waals surface area contributed by atoms with Gasteiger partial charge < -0.3 is 9.84 Å². The maximum Gasteiger partial charge on any atom is 0.324 e. The Labute approximate surface area is 171 Å². The van der Waals surface area contributed by atoms with Gasteiger partial charge in [-0.3, -0.25) is 24.7 Å². The lowest BCUT2D eigenvalue weighted by molar-refractivity contribution is -0.159. The summed E-state index contributed by atoms with van der Waals surface area (Å²) in [6.07, 6.45) is 2.98. The monoisotopic (exact) mass is 405 g/mol. The highest BCUT2D eigenvalue weighted by Crippen LogP contribution is 2.13. The summed E-state index contributed by atoms with van der Waals surface area (Å²) in [5, 5.41) is 15.3. The molecule has 0 saturated carbocycles. The molecule has 2 rings (SSSR count). The first-order valence-corrected chi connectivity index (χ1v) is 10.2. The zero-order chi connectivity index (χ0) is 21.2. The minimum atomic E-state index is -1.07. The zero-order valence-corrected chi connectivity index (χ0v) is 17.2. The summed E-state index contributed by atoms with van der Waals surface area (Å²) in [6, 6.07) is 8.40. The zero-order valence-electron chi connectivity index (χ0n) is 17.2. The van der Waals surface area contributed by atoms with Gasteiger partial charge in [-0.15, -0.1) is 0 Å². The van der Waals surface area contributed by atoms with Gasteiger partial charge in [0.05, 0.1) is 12.6 Å². The molecule has 0 unspecified atom stereocenters. The van der Waals surface area contributed by atoms with Crippen molar-refractivity contribution in [2.75, 3.05) is 26.2 Å². The number of nitrogens with zero attached hydrogens (tertiary/aromatic N) is 2. The van der Waals surface area contributed by atoms with Gasteiger partial charge in [-0.2, -0.15) is 0 Å². The number of hydrogen-bond acceptors (Lipinski definition) is 6. The standard InChI is InChI=1S/C21H31N3O5/c1-3-29-21(28)18(12-11-17-9-5-4-6-10-17)22-16(2)20(27)24(15-19(25)26)23-13-7-8-14-23/h4-6,9-10,16,18,22H,3,7-8,11-15H2,1-2H3,(H,25,26)/t16-,18-/m0/s1. The highest BCUT2D eigenvalue weighted by molar-refractivity contribution is 5.85. The maximum atomic E-state index is 13.0. The normalized spacial score (nSPS) is 16.2. The van der Waals surface area contributed by atoms with Crippen molar-refractivity contribution in [2.45, 2.75) is 51.6 Å². The minimum Gasteiger partial charge on any atom is -0.480 e. The highest BCUT2D eigenvalue weighted by Gasteiger charge is 2.32. The fourth-order valence-electron chi connectivity index (χ4n) is 3.45. The molecule has 0 spiro atoms. The van der Waals surface area contributed by atoms with Crippen LogP contribution >= 0.6 is 0 Å². The van der Waals surface area contributed by atoms with E-state index in [-0.39, 0.29) is 19.1 Å². The van der Waals surface area contributed by atoms with Crippen LogP contribution in [-0.2, 0) is 25.5 Å². The third-order valence-electron chi connectivity index (χ3n) is 4.92.